The summed E-state index contributed by atoms with van der Waals surface area (Å²) in [6, 6.07) is 6.70. The van der Waals surface area contributed by atoms with Crippen LogP contribution in [0, 0.1) is 0 Å². The van der Waals surface area contributed by atoms with E-state index in [0.717, 1.165) is 56.5 Å². The first-order valence-electron chi connectivity index (χ1n) is 11.4. The Balaban J connectivity index is 1.47. The molecule has 1 aromatic heterocycles. The summed E-state index contributed by atoms with van der Waals surface area (Å²) in [4.78, 5) is 17.9. The van der Waals surface area contributed by atoms with E-state index in [2.05, 4.69) is 45.3 Å². The largest absolute Gasteiger partial charge is 0.371 e. The van der Waals surface area contributed by atoms with Crippen LogP contribution in [-0.2, 0) is 7.05 Å². The number of aryl methyl sites for hydroxylation is 1. The normalized spacial score (nSPS) is 19.4. The number of likely N-dealkylation sites (tertiary alicyclic amines) is 1. The molecule has 3 heterocycles. The highest BCUT2D eigenvalue weighted by Gasteiger charge is 2.23. The average Bonchev–Trinajstić information content (AvgIpc) is 2.90. The quantitative estimate of drug-likeness (QED) is 0.838. The molecule has 2 saturated heterocycles. The SMILES string of the molecule is CCCN1CCC(NC(=O)c2nn(C)c3cc(N4CCCCCC4)ccc23)CC1. The molecule has 0 aliphatic carbocycles. The van der Waals surface area contributed by atoms with Crippen molar-refractivity contribution < 1.29 is 4.79 Å². The van der Waals surface area contributed by atoms with Crippen LogP contribution in [0.5, 0.6) is 0 Å². The van der Waals surface area contributed by atoms with Crippen molar-refractivity contribution in [3.05, 3.63) is 23.9 Å². The Morgan fingerprint density at radius 1 is 1.10 bits per heavy atom. The zero-order valence-corrected chi connectivity index (χ0v) is 18.0. The topological polar surface area (TPSA) is 53.4 Å². The van der Waals surface area contributed by atoms with E-state index in [1.54, 1.807) is 0 Å². The van der Waals surface area contributed by atoms with Crippen LogP contribution in [0.15, 0.2) is 18.2 Å². The molecule has 1 amide bonds. The lowest BCUT2D eigenvalue weighted by atomic mass is 10.0. The zero-order valence-electron chi connectivity index (χ0n) is 18.0. The van der Waals surface area contributed by atoms with Gasteiger partial charge in [-0.3, -0.25) is 9.48 Å². The molecule has 6 nitrogen and oxygen atoms in total. The van der Waals surface area contributed by atoms with Crippen molar-refractivity contribution in [2.24, 2.45) is 7.05 Å². The second-order valence-electron chi connectivity index (χ2n) is 8.66. The molecule has 158 valence electrons. The van der Waals surface area contributed by atoms with Crippen molar-refractivity contribution in [2.45, 2.75) is 57.9 Å². The Labute approximate surface area is 174 Å². The summed E-state index contributed by atoms with van der Waals surface area (Å²) >= 11 is 0. The molecular formula is C23H35N5O. The predicted molar refractivity (Wildman–Crippen MR) is 119 cm³/mol. The molecule has 2 aliphatic heterocycles. The van der Waals surface area contributed by atoms with Crippen molar-refractivity contribution in [2.75, 3.05) is 37.6 Å². The number of rotatable bonds is 5. The highest BCUT2D eigenvalue weighted by molar-refractivity contribution is 6.05. The van der Waals surface area contributed by atoms with E-state index in [0.29, 0.717) is 5.69 Å². The van der Waals surface area contributed by atoms with E-state index in [1.807, 2.05) is 11.7 Å². The zero-order chi connectivity index (χ0) is 20.2. The van der Waals surface area contributed by atoms with Gasteiger partial charge in [0, 0.05) is 50.3 Å². The van der Waals surface area contributed by atoms with E-state index in [1.165, 1.54) is 37.8 Å². The molecule has 0 atom stereocenters. The Hall–Kier alpha value is -2.08. The molecule has 2 aromatic rings. The van der Waals surface area contributed by atoms with E-state index in [-0.39, 0.29) is 11.9 Å². The number of nitrogens with one attached hydrogen (secondary N) is 1. The summed E-state index contributed by atoms with van der Waals surface area (Å²) < 4.78 is 1.86. The maximum absolute atomic E-state index is 13.0. The molecule has 0 bridgehead atoms. The number of carbonyl (C=O) groups is 1. The summed E-state index contributed by atoms with van der Waals surface area (Å²) in [5.41, 5.74) is 2.84. The van der Waals surface area contributed by atoms with Crippen LogP contribution in [0.3, 0.4) is 0 Å². The molecule has 2 fully saturated rings. The number of hydrogen-bond donors (Lipinski definition) is 1. The van der Waals surface area contributed by atoms with Crippen LogP contribution in [0.2, 0.25) is 0 Å². The minimum absolute atomic E-state index is 0.0351. The van der Waals surface area contributed by atoms with Gasteiger partial charge in [0.25, 0.3) is 5.91 Å². The van der Waals surface area contributed by atoms with Gasteiger partial charge in [-0.15, -0.1) is 0 Å². The van der Waals surface area contributed by atoms with E-state index in [9.17, 15) is 4.79 Å². The molecule has 0 radical (unpaired) electrons. The molecular weight excluding hydrogens is 362 g/mol. The number of piperidine rings is 1. The molecule has 0 spiro atoms. The number of hydrogen-bond acceptors (Lipinski definition) is 4. The third kappa shape index (κ3) is 4.58. The summed E-state index contributed by atoms with van der Waals surface area (Å²) in [5.74, 6) is -0.0351. The van der Waals surface area contributed by atoms with Gasteiger partial charge in [0.15, 0.2) is 5.69 Å². The van der Waals surface area contributed by atoms with Crippen LogP contribution < -0.4 is 10.2 Å². The van der Waals surface area contributed by atoms with Gasteiger partial charge in [-0.2, -0.15) is 5.10 Å². The van der Waals surface area contributed by atoms with Crippen molar-refractivity contribution in [1.82, 2.24) is 20.0 Å². The Morgan fingerprint density at radius 2 is 1.83 bits per heavy atom. The summed E-state index contributed by atoms with van der Waals surface area (Å²) in [7, 11) is 1.94. The lowest BCUT2D eigenvalue weighted by molar-refractivity contribution is 0.0907. The van der Waals surface area contributed by atoms with E-state index in [4.69, 9.17) is 0 Å². The number of nitrogens with zero attached hydrogens (tertiary/aromatic N) is 4. The van der Waals surface area contributed by atoms with Gasteiger partial charge in [0.1, 0.15) is 0 Å². The summed E-state index contributed by atoms with van der Waals surface area (Å²) in [6.07, 6.45) is 8.40. The van der Waals surface area contributed by atoms with Crippen LogP contribution >= 0.6 is 0 Å². The van der Waals surface area contributed by atoms with Crippen LogP contribution in [-0.4, -0.2) is 59.4 Å². The molecule has 0 saturated carbocycles. The molecule has 2 aliphatic rings. The predicted octanol–water partition coefficient (Wildman–Crippen LogP) is 3.56. The molecule has 29 heavy (non-hydrogen) atoms. The van der Waals surface area contributed by atoms with Gasteiger partial charge >= 0.3 is 0 Å². The van der Waals surface area contributed by atoms with Crippen molar-refractivity contribution >= 4 is 22.5 Å². The maximum Gasteiger partial charge on any atom is 0.272 e. The van der Waals surface area contributed by atoms with Crippen LogP contribution in [0.25, 0.3) is 10.9 Å². The fourth-order valence-electron chi connectivity index (χ4n) is 4.81. The van der Waals surface area contributed by atoms with Gasteiger partial charge < -0.3 is 15.1 Å². The number of carbonyl (C=O) groups excluding carboxylic acids is 1. The van der Waals surface area contributed by atoms with E-state index >= 15 is 0 Å². The van der Waals surface area contributed by atoms with Gasteiger partial charge in [0.05, 0.1) is 5.52 Å². The minimum atomic E-state index is -0.0351. The number of anilines is 1. The highest BCUT2D eigenvalue weighted by Crippen LogP contribution is 2.26. The van der Waals surface area contributed by atoms with Crippen molar-refractivity contribution in [1.29, 1.82) is 0 Å². The molecule has 6 heteroatoms. The first-order valence-corrected chi connectivity index (χ1v) is 11.4. The van der Waals surface area contributed by atoms with Gasteiger partial charge in [-0.1, -0.05) is 19.8 Å². The van der Waals surface area contributed by atoms with Crippen LogP contribution in [0.1, 0.15) is 62.4 Å². The number of fused-ring (bicyclic) bond motifs is 1. The Bertz CT molecular complexity index is 829. The molecule has 1 N–H and O–H groups in total. The third-order valence-electron chi connectivity index (χ3n) is 6.48. The number of aromatic nitrogens is 2. The third-order valence-corrected chi connectivity index (χ3v) is 6.48. The van der Waals surface area contributed by atoms with Gasteiger partial charge in [0.2, 0.25) is 0 Å². The van der Waals surface area contributed by atoms with Crippen molar-refractivity contribution in [3.8, 4) is 0 Å². The average molecular weight is 398 g/mol. The maximum atomic E-state index is 13.0. The van der Waals surface area contributed by atoms with Crippen LogP contribution in [0.4, 0.5) is 5.69 Å². The first-order chi connectivity index (χ1) is 14.2. The second-order valence-corrected chi connectivity index (χ2v) is 8.66. The second kappa shape index (κ2) is 9.16. The van der Waals surface area contributed by atoms with Gasteiger partial charge in [-0.25, -0.2) is 0 Å². The highest BCUT2D eigenvalue weighted by atomic mass is 16.2. The van der Waals surface area contributed by atoms with E-state index < -0.39 is 0 Å². The Morgan fingerprint density at radius 3 is 2.52 bits per heavy atom. The fourth-order valence-corrected chi connectivity index (χ4v) is 4.81. The fraction of sp³-hybridized carbons (Fsp3) is 0.652. The standard InChI is InChI=1S/C23H35N5O/c1-3-12-27-15-10-18(11-16-27)24-23(29)22-20-9-8-19(17-21(20)26(2)25-22)28-13-6-4-5-7-14-28/h8-9,17-18H,3-7,10-16H2,1-2H3,(H,24,29). The monoisotopic (exact) mass is 397 g/mol. The first kappa shape index (κ1) is 20.2. The Kier molecular flexibility index (Phi) is 6.38. The smallest absolute Gasteiger partial charge is 0.272 e. The molecule has 1 aromatic carbocycles. The lowest BCUT2D eigenvalue weighted by Crippen LogP contribution is -2.44. The summed E-state index contributed by atoms with van der Waals surface area (Å²) in [5, 5.41) is 8.77. The summed E-state index contributed by atoms with van der Waals surface area (Å²) in [6.45, 7) is 7.76. The van der Waals surface area contributed by atoms with Gasteiger partial charge in [-0.05, 0) is 56.8 Å². The number of benzene rings is 1. The minimum Gasteiger partial charge on any atom is -0.371 e. The molecule has 4 rings (SSSR count). The number of amides is 1. The van der Waals surface area contributed by atoms with Crippen molar-refractivity contribution in [3.63, 3.8) is 0 Å². The lowest BCUT2D eigenvalue weighted by Gasteiger charge is -2.31. The molecule has 0 unspecified atom stereocenters.